The molecule has 0 spiro atoms. The Labute approximate surface area is 95.4 Å². The predicted molar refractivity (Wildman–Crippen MR) is 65.9 cm³/mol. The first-order valence-electron chi connectivity index (χ1n) is 5.47. The number of aryl methyl sites for hydroxylation is 1. The summed E-state index contributed by atoms with van der Waals surface area (Å²) in [5.41, 5.74) is 8.49. The van der Waals surface area contributed by atoms with Crippen molar-refractivity contribution in [1.82, 2.24) is 9.97 Å². The molecular weight excluding hydrogens is 198 g/mol. The van der Waals surface area contributed by atoms with E-state index in [9.17, 15) is 0 Å². The number of nitrogens with two attached hydrogens (primary N) is 1. The molecule has 0 aliphatic rings. The molecule has 0 unspecified atom stereocenters. The van der Waals surface area contributed by atoms with Gasteiger partial charge in [0.1, 0.15) is 0 Å². The highest BCUT2D eigenvalue weighted by Gasteiger charge is 2.01. The Morgan fingerprint density at radius 3 is 2.56 bits per heavy atom. The molecule has 82 valence electrons. The maximum Gasteiger partial charge on any atom is 0.159 e. The van der Waals surface area contributed by atoms with E-state index in [1.807, 2.05) is 36.5 Å². The molecule has 0 saturated carbocycles. The van der Waals surface area contributed by atoms with Crippen molar-refractivity contribution in [2.75, 3.05) is 5.73 Å². The van der Waals surface area contributed by atoms with Crippen molar-refractivity contribution in [2.24, 2.45) is 0 Å². The summed E-state index contributed by atoms with van der Waals surface area (Å²) in [4.78, 5) is 8.78. The van der Waals surface area contributed by atoms with Crippen LogP contribution in [0.2, 0.25) is 0 Å². The van der Waals surface area contributed by atoms with Crippen LogP contribution in [0.5, 0.6) is 0 Å². The molecule has 1 aromatic carbocycles. The lowest BCUT2D eigenvalue weighted by Gasteiger charge is -2.03. The molecule has 2 aromatic rings. The van der Waals surface area contributed by atoms with Crippen LogP contribution in [0.25, 0.3) is 11.4 Å². The first-order valence-corrected chi connectivity index (χ1v) is 5.47. The van der Waals surface area contributed by atoms with Crippen LogP contribution in [0.4, 0.5) is 5.69 Å². The molecule has 0 atom stereocenters. The minimum atomic E-state index is 0.758. The Balaban J connectivity index is 2.32. The van der Waals surface area contributed by atoms with Crippen molar-refractivity contribution >= 4 is 5.69 Å². The van der Waals surface area contributed by atoms with E-state index < -0.39 is 0 Å². The third kappa shape index (κ3) is 2.37. The van der Waals surface area contributed by atoms with Gasteiger partial charge in [0.25, 0.3) is 0 Å². The van der Waals surface area contributed by atoms with Crippen molar-refractivity contribution in [3.63, 3.8) is 0 Å². The topological polar surface area (TPSA) is 51.8 Å². The van der Waals surface area contributed by atoms with Crippen LogP contribution >= 0.6 is 0 Å². The molecule has 16 heavy (non-hydrogen) atoms. The summed E-state index contributed by atoms with van der Waals surface area (Å²) in [6.45, 7) is 2.14. The van der Waals surface area contributed by atoms with Gasteiger partial charge < -0.3 is 5.73 Å². The maximum absolute atomic E-state index is 5.64. The van der Waals surface area contributed by atoms with E-state index in [2.05, 4.69) is 16.9 Å². The number of hydrogen-bond acceptors (Lipinski definition) is 3. The molecule has 3 nitrogen and oxygen atoms in total. The number of nitrogen functional groups attached to an aromatic ring is 1. The van der Waals surface area contributed by atoms with Crippen molar-refractivity contribution in [1.29, 1.82) is 0 Å². The number of benzene rings is 1. The third-order valence-electron chi connectivity index (χ3n) is 2.39. The van der Waals surface area contributed by atoms with Gasteiger partial charge >= 0.3 is 0 Å². The molecular formula is C13H15N3. The number of anilines is 1. The van der Waals surface area contributed by atoms with Crippen LogP contribution in [-0.4, -0.2) is 9.97 Å². The Hall–Kier alpha value is -1.90. The van der Waals surface area contributed by atoms with Crippen LogP contribution in [0, 0.1) is 0 Å². The van der Waals surface area contributed by atoms with E-state index in [0.29, 0.717) is 0 Å². The van der Waals surface area contributed by atoms with Gasteiger partial charge in [0, 0.05) is 23.1 Å². The molecule has 0 saturated heterocycles. The van der Waals surface area contributed by atoms with Gasteiger partial charge in [-0.05, 0) is 36.8 Å². The van der Waals surface area contributed by atoms with Crippen molar-refractivity contribution < 1.29 is 0 Å². The average Bonchev–Trinajstić information content (AvgIpc) is 2.31. The van der Waals surface area contributed by atoms with E-state index in [1.54, 1.807) is 0 Å². The molecule has 0 amide bonds. The fourth-order valence-corrected chi connectivity index (χ4v) is 1.56. The monoisotopic (exact) mass is 213 g/mol. The highest BCUT2D eigenvalue weighted by atomic mass is 14.9. The SMILES string of the molecule is CCCc1ccnc(-c2ccc(N)cc2)n1. The zero-order valence-electron chi connectivity index (χ0n) is 9.35. The highest BCUT2D eigenvalue weighted by molar-refractivity contribution is 5.58. The summed E-state index contributed by atoms with van der Waals surface area (Å²) in [5, 5.41) is 0. The fraction of sp³-hybridized carbons (Fsp3) is 0.231. The molecule has 2 rings (SSSR count). The van der Waals surface area contributed by atoms with E-state index >= 15 is 0 Å². The minimum absolute atomic E-state index is 0.758. The van der Waals surface area contributed by atoms with Gasteiger partial charge in [0.05, 0.1) is 0 Å². The van der Waals surface area contributed by atoms with Crippen LogP contribution in [0.15, 0.2) is 36.5 Å². The van der Waals surface area contributed by atoms with E-state index in [-0.39, 0.29) is 0 Å². The zero-order valence-corrected chi connectivity index (χ0v) is 9.35. The Kier molecular flexibility index (Phi) is 3.15. The fourth-order valence-electron chi connectivity index (χ4n) is 1.56. The number of nitrogens with zero attached hydrogens (tertiary/aromatic N) is 2. The minimum Gasteiger partial charge on any atom is -0.399 e. The normalized spacial score (nSPS) is 10.3. The van der Waals surface area contributed by atoms with E-state index in [4.69, 9.17) is 5.73 Å². The molecule has 0 aliphatic heterocycles. The predicted octanol–water partition coefficient (Wildman–Crippen LogP) is 2.68. The number of hydrogen-bond donors (Lipinski definition) is 1. The lowest BCUT2D eigenvalue weighted by molar-refractivity contribution is 0.875. The smallest absolute Gasteiger partial charge is 0.159 e. The standard InChI is InChI=1S/C13H15N3/c1-2-3-12-8-9-15-13(16-12)10-4-6-11(14)7-5-10/h4-9H,2-3,14H2,1H3. The van der Waals surface area contributed by atoms with Gasteiger partial charge in [-0.2, -0.15) is 0 Å². The second kappa shape index (κ2) is 4.75. The Bertz CT molecular complexity index is 463. The summed E-state index contributed by atoms with van der Waals surface area (Å²) in [6, 6.07) is 9.58. The molecule has 1 heterocycles. The second-order valence-electron chi connectivity index (χ2n) is 3.74. The number of rotatable bonds is 3. The van der Waals surface area contributed by atoms with Gasteiger partial charge in [-0.15, -0.1) is 0 Å². The molecule has 0 radical (unpaired) electrons. The second-order valence-corrected chi connectivity index (χ2v) is 3.74. The Morgan fingerprint density at radius 2 is 1.88 bits per heavy atom. The first kappa shape index (κ1) is 10.6. The van der Waals surface area contributed by atoms with Gasteiger partial charge in [-0.25, -0.2) is 9.97 Å². The summed E-state index contributed by atoms with van der Waals surface area (Å²) in [6.07, 6.45) is 3.90. The van der Waals surface area contributed by atoms with Crippen LogP contribution < -0.4 is 5.73 Å². The zero-order chi connectivity index (χ0) is 11.4. The largest absolute Gasteiger partial charge is 0.399 e. The summed E-state index contributed by atoms with van der Waals surface area (Å²) in [7, 11) is 0. The highest BCUT2D eigenvalue weighted by Crippen LogP contribution is 2.16. The summed E-state index contributed by atoms with van der Waals surface area (Å²) >= 11 is 0. The van der Waals surface area contributed by atoms with Crippen molar-refractivity contribution in [3.05, 3.63) is 42.2 Å². The maximum atomic E-state index is 5.64. The first-order chi connectivity index (χ1) is 7.79. The van der Waals surface area contributed by atoms with E-state index in [1.165, 1.54) is 0 Å². The quantitative estimate of drug-likeness (QED) is 0.797. The Morgan fingerprint density at radius 1 is 1.12 bits per heavy atom. The molecule has 3 heteroatoms. The molecule has 0 bridgehead atoms. The molecule has 0 fully saturated rings. The van der Waals surface area contributed by atoms with Gasteiger partial charge in [-0.1, -0.05) is 13.3 Å². The van der Waals surface area contributed by atoms with Crippen molar-refractivity contribution in [2.45, 2.75) is 19.8 Å². The molecule has 1 aromatic heterocycles. The molecule has 2 N–H and O–H groups in total. The summed E-state index contributed by atoms with van der Waals surface area (Å²) in [5.74, 6) is 0.769. The molecule has 0 aliphatic carbocycles. The lowest BCUT2D eigenvalue weighted by Crippen LogP contribution is -1.94. The van der Waals surface area contributed by atoms with Crippen LogP contribution in [0.3, 0.4) is 0 Å². The van der Waals surface area contributed by atoms with Crippen molar-refractivity contribution in [3.8, 4) is 11.4 Å². The lowest BCUT2D eigenvalue weighted by atomic mass is 10.2. The number of aromatic nitrogens is 2. The van der Waals surface area contributed by atoms with Crippen LogP contribution in [0.1, 0.15) is 19.0 Å². The van der Waals surface area contributed by atoms with Gasteiger partial charge in [0.15, 0.2) is 5.82 Å². The summed E-state index contributed by atoms with van der Waals surface area (Å²) < 4.78 is 0. The average molecular weight is 213 g/mol. The van der Waals surface area contributed by atoms with Crippen LogP contribution in [-0.2, 0) is 6.42 Å². The van der Waals surface area contributed by atoms with Gasteiger partial charge in [0.2, 0.25) is 0 Å². The third-order valence-corrected chi connectivity index (χ3v) is 2.39. The van der Waals surface area contributed by atoms with E-state index in [0.717, 1.165) is 35.6 Å². The van der Waals surface area contributed by atoms with Gasteiger partial charge in [-0.3, -0.25) is 0 Å².